The van der Waals surface area contributed by atoms with Gasteiger partial charge in [0, 0.05) is 18.7 Å². The first kappa shape index (κ1) is 20.4. The third-order valence-corrected chi connectivity index (χ3v) is 4.39. The van der Waals surface area contributed by atoms with E-state index in [2.05, 4.69) is 51.7 Å². The van der Waals surface area contributed by atoms with Gasteiger partial charge < -0.3 is 9.47 Å². The Morgan fingerprint density at radius 3 is 2.31 bits per heavy atom. The summed E-state index contributed by atoms with van der Waals surface area (Å²) in [6.45, 7) is 10.8. The van der Waals surface area contributed by atoms with Gasteiger partial charge in [0.1, 0.15) is 5.82 Å². The molecule has 1 aromatic heterocycles. The molecule has 0 aliphatic carbocycles. The van der Waals surface area contributed by atoms with E-state index < -0.39 is 0 Å². The molecule has 0 saturated heterocycles. The summed E-state index contributed by atoms with van der Waals surface area (Å²) in [5, 5.41) is 0. The maximum atomic E-state index is 14.6. The van der Waals surface area contributed by atoms with Crippen molar-refractivity contribution in [3.8, 4) is 17.0 Å². The minimum atomic E-state index is -0.368. The van der Waals surface area contributed by atoms with Gasteiger partial charge >= 0.3 is 0 Å². The SMILES string of the molecule is COc1cc(-c2ccc(CC(C)C)cc2[C@@H](OC)C(C)(C)C)c(F)cn1. The van der Waals surface area contributed by atoms with Crippen molar-refractivity contribution >= 4 is 0 Å². The Morgan fingerprint density at radius 1 is 1.08 bits per heavy atom. The molecule has 2 aromatic rings. The van der Waals surface area contributed by atoms with Crippen LogP contribution < -0.4 is 4.74 Å². The van der Waals surface area contributed by atoms with E-state index in [0.29, 0.717) is 17.4 Å². The molecule has 1 aromatic carbocycles. The van der Waals surface area contributed by atoms with Crippen molar-refractivity contribution in [2.75, 3.05) is 14.2 Å². The second kappa shape index (κ2) is 8.17. The van der Waals surface area contributed by atoms with E-state index in [0.717, 1.165) is 17.5 Å². The fourth-order valence-electron chi connectivity index (χ4n) is 3.36. The lowest BCUT2D eigenvalue weighted by molar-refractivity contribution is 0.0155. The number of aromatic nitrogens is 1. The summed E-state index contributed by atoms with van der Waals surface area (Å²) >= 11 is 0. The highest BCUT2D eigenvalue weighted by Gasteiger charge is 2.29. The van der Waals surface area contributed by atoms with Crippen molar-refractivity contribution in [3.63, 3.8) is 0 Å². The first-order valence-electron chi connectivity index (χ1n) is 9.03. The number of ether oxygens (including phenoxy) is 2. The Morgan fingerprint density at radius 2 is 1.77 bits per heavy atom. The van der Waals surface area contributed by atoms with Crippen LogP contribution >= 0.6 is 0 Å². The highest BCUT2D eigenvalue weighted by atomic mass is 19.1. The summed E-state index contributed by atoms with van der Waals surface area (Å²) in [6, 6.07) is 7.86. The molecule has 0 fully saturated rings. The molecule has 1 heterocycles. The summed E-state index contributed by atoms with van der Waals surface area (Å²) in [5.74, 6) is 0.567. The number of hydrogen-bond donors (Lipinski definition) is 0. The molecule has 0 aliphatic heterocycles. The Kier molecular flexibility index (Phi) is 6.40. The van der Waals surface area contributed by atoms with Crippen LogP contribution in [0.3, 0.4) is 0 Å². The summed E-state index contributed by atoms with van der Waals surface area (Å²) < 4.78 is 25.6. The van der Waals surface area contributed by atoms with Crippen molar-refractivity contribution in [2.24, 2.45) is 11.3 Å². The van der Waals surface area contributed by atoms with Crippen molar-refractivity contribution in [1.29, 1.82) is 0 Å². The van der Waals surface area contributed by atoms with E-state index in [1.54, 1.807) is 13.2 Å². The molecule has 0 saturated carbocycles. The van der Waals surface area contributed by atoms with E-state index >= 15 is 0 Å². The van der Waals surface area contributed by atoms with E-state index in [1.807, 2.05) is 6.07 Å². The Bertz CT molecular complexity index is 750. The van der Waals surface area contributed by atoms with Gasteiger partial charge in [0.2, 0.25) is 5.88 Å². The number of halogens is 1. The Balaban J connectivity index is 2.69. The molecule has 142 valence electrons. The highest BCUT2D eigenvalue weighted by Crippen LogP contribution is 2.41. The molecule has 26 heavy (non-hydrogen) atoms. The monoisotopic (exact) mass is 359 g/mol. The molecule has 0 unspecified atom stereocenters. The fourth-order valence-corrected chi connectivity index (χ4v) is 3.36. The van der Waals surface area contributed by atoms with E-state index in [-0.39, 0.29) is 17.3 Å². The number of hydrogen-bond acceptors (Lipinski definition) is 3. The summed E-state index contributed by atoms with van der Waals surface area (Å²) in [7, 11) is 3.24. The Hall–Kier alpha value is -1.94. The fraction of sp³-hybridized carbons (Fsp3) is 0.500. The molecule has 0 radical (unpaired) electrons. The van der Waals surface area contributed by atoms with Gasteiger partial charge in [-0.05, 0) is 34.4 Å². The summed E-state index contributed by atoms with van der Waals surface area (Å²) in [6.07, 6.45) is 2.01. The zero-order chi connectivity index (χ0) is 19.5. The third-order valence-electron chi connectivity index (χ3n) is 4.39. The van der Waals surface area contributed by atoms with Crippen LogP contribution in [0.4, 0.5) is 4.39 Å². The number of pyridine rings is 1. The van der Waals surface area contributed by atoms with Crippen LogP contribution in [0, 0.1) is 17.2 Å². The molecular formula is C22H30FNO2. The largest absolute Gasteiger partial charge is 0.481 e. The lowest BCUT2D eigenvalue weighted by Gasteiger charge is -2.32. The van der Waals surface area contributed by atoms with Gasteiger partial charge in [0.25, 0.3) is 0 Å². The second-order valence-corrected chi connectivity index (χ2v) is 8.21. The average molecular weight is 359 g/mol. The molecule has 0 aliphatic rings. The molecule has 0 spiro atoms. The van der Waals surface area contributed by atoms with Gasteiger partial charge in [0.05, 0.1) is 19.4 Å². The topological polar surface area (TPSA) is 31.4 Å². The number of nitrogens with zero attached hydrogens (tertiary/aromatic N) is 1. The molecule has 0 amide bonds. The molecule has 4 heteroatoms. The lowest BCUT2D eigenvalue weighted by Crippen LogP contribution is -2.21. The predicted molar refractivity (Wildman–Crippen MR) is 104 cm³/mol. The maximum absolute atomic E-state index is 14.6. The zero-order valence-corrected chi connectivity index (χ0v) is 16.9. The number of benzene rings is 1. The normalized spacial score (nSPS) is 13.1. The van der Waals surface area contributed by atoms with Crippen LogP contribution in [0.5, 0.6) is 5.88 Å². The van der Waals surface area contributed by atoms with E-state index in [1.165, 1.54) is 18.9 Å². The van der Waals surface area contributed by atoms with Crippen LogP contribution in [-0.2, 0) is 11.2 Å². The van der Waals surface area contributed by atoms with Crippen molar-refractivity contribution in [2.45, 2.75) is 47.1 Å². The summed E-state index contributed by atoms with van der Waals surface area (Å²) in [5.41, 5.74) is 3.39. The predicted octanol–water partition coefficient (Wildman–Crippen LogP) is 5.83. The minimum absolute atomic E-state index is 0.131. The maximum Gasteiger partial charge on any atom is 0.213 e. The smallest absolute Gasteiger partial charge is 0.213 e. The quantitative estimate of drug-likeness (QED) is 0.650. The standard InChI is InChI=1S/C22H30FNO2/c1-14(2)10-15-8-9-16(17-12-20(25-6)24-13-19(17)23)18(11-15)21(26-7)22(3,4)5/h8-9,11-14,21H,10H2,1-7H3/t21-/m1/s1. The second-order valence-electron chi connectivity index (χ2n) is 8.21. The molecule has 3 nitrogen and oxygen atoms in total. The summed E-state index contributed by atoms with van der Waals surface area (Å²) in [4.78, 5) is 3.95. The van der Waals surface area contributed by atoms with E-state index in [4.69, 9.17) is 9.47 Å². The zero-order valence-electron chi connectivity index (χ0n) is 16.9. The molecule has 0 bridgehead atoms. The van der Waals surface area contributed by atoms with Crippen molar-refractivity contribution in [3.05, 3.63) is 47.4 Å². The molecular weight excluding hydrogens is 329 g/mol. The van der Waals surface area contributed by atoms with E-state index in [9.17, 15) is 4.39 Å². The molecule has 0 N–H and O–H groups in total. The number of rotatable bonds is 6. The van der Waals surface area contributed by atoms with Gasteiger partial charge in [-0.25, -0.2) is 9.37 Å². The highest BCUT2D eigenvalue weighted by molar-refractivity contribution is 5.70. The first-order valence-corrected chi connectivity index (χ1v) is 9.03. The average Bonchev–Trinajstić information content (AvgIpc) is 2.55. The Labute approximate surface area is 156 Å². The van der Waals surface area contributed by atoms with Crippen LogP contribution in [-0.4, -0.2) is 19.2 Å². The van der Waals surface area contributed by atoms with Gasteiger partial charge in [-0.3, -0.25) is 0 Å². The minimum Gasteiger partial charge on any atom is -0.481 e. The van der Waals surface area contributed by atoms with Gasteiger partial charge in [-0.2, -0.15) is 0 Å². The number of methoxy groups -OCH3 is 2. The van der Waals surface area contributed by atoms with Gasteiger partial charge in [0.15, 0.2) is 0 Å². The van der Waals surface area contributed by atoms with Crippen LogP contribution in [0.15, 0.2) is 30.5 Å². The first-order chi connectivity index (χ1) is 12.2. The van der Waals surface area contributed by atoms with Gasteiger partial charge in [-0.15, -0.1) is 0 Å². The third kappa shape index (κ3) is 4.61. The van der Waals surface area contributed by atoms with Crippen molar-refractivity contribution in [1.82, 2.24) is 4.98 Å². The van der Waals surface area contributed by atoms with Crippen LogP contribution in [0.2, 0.25) is 0 Å². The van der Waals surface area contributed by atoms with Crippen molar-refractivity contribution < 1.29 is 13.9 Å². The molecule has 2 rings (SSSR count). The van der Waals surface area contributed by atoms with Gasteiger partial charge in [-0.1, -0.05) is 52.8 Å². The van der Waals surface area contributed by atoms with Crippen LogP contribution in [0.1, 0.15) is 51.8 Å². The molecule has 1 atom stereocenters. The van der Waals surface area contributed by atoms with Crippen LogP contribution in [0.25, 0.3) is 11.1 Å². The lowest BCUT2D eigenvalue weighted by atomic mass is 9.80.